The molecule has 6 heterocycles. The van der Waals surface area contributed by atoms with Crippen molar-refractivity contribution in [2.24, 2.45) is 41.4 Å². The highest BCUT2D eigenvalue weighted by atomic mass is 16.9. The zero-order valence-electron chi connectivity index (χ0n) is 33.5. The molecule has 1 spiro atoms. The third kappa shape index (κ3) is 4.97. The Hall–Kier alpha value is -3.46. The van der Waals surface area contributed by atoms with E-state index >= 15 is 0 Å². The molecule has 310 valence electrons. The number of hydrogen-bond acceptors (Lipinski definition) is 12. The van der Waals surface area contributed by atoms with E-state index in [4.69, 9.17) is 28.4 Å². The molecule has 8 fully saturated rings. The molecule has 6 aliphatic heterocycles. The summed E-state index contributed by atoms with van der Waals surface area (Å²) in [4.78, 5) is 27.2. The average Bonchev–Trinajstić information content (AvgIpc) is 3.68. The predicted molar refractivity (Wildman–Crippen MR) is 205 cm³/mol. The highest BCUT2D eigenvalue weighted by Crippen LogP contribution is 2.75. The Kier molecular flexibility index (Phi) is 8.53. The standard InChI is InChI=1S/C46H54O12/c1-24-22-32-43(51)35(24)54-33(47)19-13-12-18-31(53-39(48)27-14-8-6-9-15-27)30-21-20-28(25(30)2)23-41(4,50)45(52)36-26(3)44(32)34(37-42(5,55-37)40(43)49)38(45)57-46(56-36,58-44)29-16-10-7-11-17-29/h6-19,24-26,28,30-32,34-38,40,49-52H,20-23H2,1-5H3/b18-12-,19-13-/t24-,25-,26-,28-,30-,31-,32+,34+,35-,36?,37-,38-,40+,41+,42-,43+,44+,45?,46?/m0/s1. The van der Waals surface area contributed by atoms with Crippen LogP contribution >= 0.6 is 0 Å². The third-order valence-corrected chi connectivity index (χ3v) is 16.1. The van der Waals surface area contributed by atoms with Crippen LogP contribution in [0.25, 0.3) is 0 Å². The van der Waals surface area contributed by atoms with Gasteiger partial charge in [0.15, 0.2) is 0 Å². The van der Waals surface area contributed by atoms with E-state index in [1.165, 1.54) is 12.2 Å². The van der Waals surface area contributed by atoms with Crippen LogP contribution in [-0.4, -0.2) is 97.0 Å². The molecule has 0 amide bonds. The van der Waals surface area contributed by atoms with E-state index in [0.29, 0.717) is 30.4 Å². The topological polar surface area (TPSA) is 174 Å². The first-order valence-corrected chi connectivity index (χ1v) is 21.0. The summed E-state index contributed by atoms with van der Waals surface area (Å²) >= 11 is 0. The summed E-state index contributed by atoms with van der Waals surface area (Å²) in [5, 5.41) is 52.3. The zero-order valence-corrected chi connectivity index (χ0v) is 33.5. The van der Waals surface area contributed by atoms with Crippen LogP contribution in [0.4, 0.5) is 0 Å². The number of aliphatic hydroxyl groups excluding tert-OH is 1. The Bertz CT molecular complexity index is 2040. The number of benzene rings is 2. The number of aliphatic hydroxyl groups is 4. The average molecular weight is 799 g/mol. The predicted octanol–water partition coefficient (Wildman–Crippen LogP) is 4.33. The summed E-state index contributed by atoms with van der Waals surface area (Å²) in [5.41, 5.74) is -7.62. The number of rotatable bonds is 3. The first-order valence-electron chi connectivity index (χ1n) is 21.0. The quantitative estimate of drug-likeness (QED) is 0.256. The van der Waals surface area contributed by atoms with Gasteiger partial charge in [-0.05, 0) is 75.5 Å². The van der Waals surface area contributed by atoms with Gasteiger partial charge in [0.1, 0.15) is 47.3 Å². The molecule has 0 radical (unpaired) electrons. The number of esters is 2. The monoisotopic (exact) mass is 798 g/mol. The fraction of sp³-hybridized carbons (Fsp3) is 0.609. The number of fused-ring (bicyclic) bond motifs is 6. The first-order chi connectivity index (χ1) is 27.5. The molecule has 58 heavy (non-hydrogen) atoms. The van der Waals surface area contributed by atoms with Crippen LogP contribution in [0.3, 0.4) is 0 Å². The molecule has 11 bridgehead atoms. The Morgan fingerprint density at radius 3 is 2.26 bits per heavy atom. The maximum absolute atomic E-state index is 13.7. The molecule has 2 aromatic carbocycles. The van der Waals surface area contributed by atoms with Gasteiger partial charge in [0.2, 0.25) is 0 Å². The van der Waals surface area contributed by atoms with E-state index in [9.17, 15) is 30.0 Å². The molecule has 4 N–H and O–H groups in total. The summed E-state index contributed by atoms with van der Waals surface area (Å²) < 4.78 is 39.9. The molecule has 4 saturated carbocycles. The van der Waals surface area contributed by atoms with Gasteiger partial charge >= 0.3 is 17.9 Å². The summed E-state index contributed by atoms with van der Waals surface area (Å²) in [5.74, 6) is -6.12. The minimum Gasteiger partial charge on any atom is -0.456 e. The summed E-state index contributed by atoms with van der Waals surface area (Å²) in [6.07, 6.45) is 1.70. The molecule has 12 nitrogen and oxygen atoms in total. The molecule has 0 aromatic heterocycles. The van der Waals surface area contributed by atoms with Crippen molar-refractivity contribution >= 4 is 11.9 Å². The van der Waals surface area contributed by atoms with Gasteiger partial charge in [-0.2, -0.15) is 0 Å². The van der Waals surface area contributed by atoms with E-state index < -0.39 is 106 Å². The lowest BCUT2D eigenvalue weighted by atomic mass is 9.49. The van der Waals surface area contributed by atoms with Gasteiger partial charge in [-0.15, -0.1) is 0 Å². The SMILES string of the molecule is C[C@H]1[C@H]2CC[C@@H]1[C@@H](OC(=O)c1ccccc1)/C=C\C=C/C(=O)O[C@H]1[C@@H](C)C[C@@H]3[C@]1(O)[C@H](O)[C@@]1(C)O[C@H]1[C@@H]1[C@@H]4OC5(c6ccccc6)OC([C@H](C)[C@]13O5)C4(O)[C@](C)(O)C2. The minimum atomic E-state index is -2.07. The number of hydrogen-bond donors (Lipinski definition) is 4. The van der Waals surface area contributed by atoms with Crippen LogP contribution < -0.4 is 0 Å². The normalized spacial score (nSPS) is 53.5. The molecule has 19 atom stereocenters. The largest absolute Gasteiger partial charge is 0.456 e. The van der Waals surface area contributed by atoms with Crippen LogP contribution in [0, 0.1) is 41.4 Å². The molecule has 2 aromatic rings. The van der Waals surface area contributed by atoms with Crippen molar-refractivity contribution in [1.29, 1.82) is 0 Å². The van der Waals surface area contributed by atoms with Gasteiger partial charge in [-0.1, -0.05) is 81.5 Å². The van der Waals surface area contributed by atoms with E-state index in [1.807, 2.05) is 50.2 Å². The number of ether oxygens (including phenoxy) is 6. The molecular weight excluding hydrogens is 744 g/mol. The number of allylic oxidation sites excluding steroid dienone is 2. The van der Waals surface area contributed by atoms with Gasteiger partial charge < -0.3 is 48.8 Å². The van der Waals surface area contributed by atoms with Gasteiger partial charge in [-0.25, -0.2) is 9.59 Å². The second kappa shape index (κ2) is 12.8. The van der Waals surface area contributed by atoms with Crippen molar-refractivity contribution in [3.63, 3.8) is 0 Å². The lowest BCUT2D eigenvalue weighted by Crippen LogP contribution is -2.89. The highest BCUT2D eigenvalue weighted by molar-refractivity contribution is 5.89. The van der Waals surface area contributed by atoms with Gasteiger partial charge in [-0.3, -0.25) is 0 Å². The Balaban J connectivity index is 1.13. The van der Waals surface area contributed by atoms with E-state index in [1.54, 1.807) is 50.3 Å². The van der Waals surface area contributed by atoms with Crippen molar-refractivity contribution < 1.29 is 58.4 Å². The number of carbonyl (C=O) groups is 2. The second-order valence-electron chi connectivity index (χ2n) is 19.0. The van der Waals surface area contributed by atoms with Crippen molar-refractivity contribution in [1.82, 2.24) is 0 Å². The van der Waals surface area contributed by atoms with Crippen LogP contribution in [0.1, 0.15) is 76.2 Å². The molecule has 3 unspecified atom stereocenters. The Morgan fingerprint density at radius 1 is 0.845 bits per heavy atom. The molecule has 4 aliphatic carbocycles. The second-order valence-corrected chi connectivity index (χ2v) is 19.0. The fourth-order valence-corrected chi connectivity index (χ4v) is 13.2. The minimum absolute atomic E-state index is 0.0685. The van der Waals surface area contributed by atoms with E-state index in [0.717, 1.165) is 0 Å². The van der Waals surface area contributed by atoms with Crippen molar-refractivity contribution in [2.75, 3.05) is 0 Å². The first kappa shape index (κ1) is 38.7. The number of epoxide rings is 1. The Morgan fingerprint density at radius 2 is 1.53 bits per heavy atom. The van der Waals surface area contributed by atoms with E-state index in [2.05, 4.69) is 6.92 Å². The van der Waals surface area contributed by atoms with Crippen molar-refractivity contribution in [3.05, 3.63) is 96.1 Å². The van der Waals surface area contributed by atoms with E-state index in [-0.39, 0.29) is 24.2 Å². The summed E-state index contributed by atoms with van der Waals surface area (Å²) in [6, 6.07) is 17.9. The lowest BCUT2D eigenvalue weighted by Gasteiger charge is -2.74. The molecule has 12 rings (SSSR count). The van der Waals surface area contributed by atoms with Crippen molar-refractivity contribution in [2.45, 2.75) is 131 Å². The highest BCUT2D eigenvalue weighted by Gasteiger charge is 2.90. The smallest absolute Gasteiger partial charge is 0.338 e. The third-order valence-electron chi connectivity index (χ3n) is 16.1. The molecule has 10 aliphatic rings. The van der Waals surface area contributed by atoms with Crippen LogP contribution in [0.2, 0.25) is 0 Å². The van der Waals surface area contributed by atoms with Gasteiger partial charge in [0.25, 0.3) is 0 Å². The summed E-state index contributed by atoms with van der Waals surface area (Å²) in [7, 11) is 0. The van der Waals surface area contributed by atoms with Gasteiger partial charge in [0, 0.05) is 35.3 Å². The van der Waals surface area contributed by atoms with Crippen LogP contribution in [0.15, 0.2) is 85.0 Å². The van der Waals surface area contributed by atoms with Crippen LogP contribution in [0.5, 0.6) is 0 Å². The maximum Gasteiger partial charge on any atom is 0.338 e. The molecule has 12 heteroatoms. The fourth-order valence-electron chi connectivity index (χ4n) is 13.2. The Labute approximate surface area is 338 Å². The molecular formula is C46H54O12. The van der Waals surface area contributed by atoms with Crippen LogP contribution in [-0.2, 0) is 39.2 Å². The zero-order chi connectivity index (χ0) is 40.8. The van der Waals surface area contributed by atoms with Gasteiger partial charge in [0.05, 0.1) is 22.9 Å². The maximum atomic E-state index is 13.7. The molecule has 4 saturated heterocycles. The number of carbonyl (C=O) groups excluding carboxylic acids is 2. The lowest BCUT2D eigenvalue weighted by molar-refractivity contribution is -0.595. The van der Waals surface area contributed by atoms with Crippen molar-refractivity contribution in [3.8, 4) is 0 Å². The summed E-state index contributed by atoms with van der Waals surface area (Å²) in [6.45, 7) is 9.26.